The van der Waals surface area contributed by atoms with Crippen LogP contribution in [0.1, 0.15) is 0 Å². The van der Waals surface area contributed by atoms with Crippen molar-refractivity contribution in [2.45, 2.75) is 0 Å². The molecule has 0 atom stereocenters. The van der Waals surface area contributed by atoms with E-state index in [1.807, 2.05) is 24.3 Å². The monoisotopic (exact) mass is 238 g/mol. The molecule has 1 heterocycles. The van der Waals surface area contributed by atoms with Crippen molar-refractivity contribution in [1.29, 1.82) is 0 Å². The Morgan fingerprint density at radius 3 is 2.46 bits per heavy atom. The molecule has 3 nitrogen and oxygen atoms in total. The minimum absolute atomic E-state index is 0.193. The molecule has 0 aliphatic heterocycles. The van der Waals surface area contributed by atoms with Gasteiger partial charge in [-0.2, -0.15) is 0 Å². The molecule has 0 fully saturated rings. The number of hydrogen-bond donors (Lipinski definition) is 1. The van der Waals surface area contributed by atoms with Gasteiger partial charge >= 0.3 is 0 Å². The summed E-state index contributed by atoms with van der Waals surface area (Å²) in [6.45, 7) is 0. The summed E-state index contributed by atoms with van der Waals surface area (Å²) in [4.78, 5) is 3.81. The van der Waals surface area contributed by atoms with E-state index in [0.29, 0.717) is 5.76 Å². The number of halogens is 1. The third-order valence-electron chi connectivity index (χ3n) is 1.65. The number of hydrogen-bond acceptors (Lipinski definition) is 3. The molecule has 0 bridgehead atoms. The highest BCUT2D eigenvalue weighted by Gasteiger charge is 2.02. The number of nitrogen functional groups attached to an aromatic ring is 1. The second-order valence-corrected chi connectivity index (χ2v) is 3.49. The predicted molar refractivity (Wildman–Crippen MR) is 54.1 cm³/mol. The molecule has 2 N–H and O–H groups in total. The minimum atomic E-state index is 0.193. The molecule has 0 radical (unpaired) electrons. The lowest BCUT2D eigenvalue weighted by molar-refractivity contribution is 0.595. The highest BCUT2D eigenvalue weighted by Crippen LogP contribution is 2.22. The Hall–Kier alpha value is -1.29. The molecule has 0 aliphatic carbocycles. The van der Waals surface area contributed by atoms with E-state index in [-0.39, 0.29) is 6.01 Å². The van der Waals surface area contributed by atoms with Crippen molar-refractivity contribution in [3.8, 4) is 11.3 Å². The molecule has 2 aromatic rings. The molecule has 66 valence electrons. The van der Waals surface area contributed by atoms with Gasteiger partial charge in [-0.15, -0.1) is 0 Å². The van der Waals surface area contributed by atoms with Gasteiger partial charge in [0.05, 0.1) is 6.20 Å². The quantitative estimate of drug-likeness (QED) is 0.832. The van der Waals surface area contributed by atoms with Gasteiger partial charge in [-0.1, -0.05) is 28.1 Å². The fourth-order valence-electron chi connectivity index (χ4n) is 1.04. The van der Waals surface area contributed by atoms with Crippen LogP contribution < -0.4 is 5.73 Å². The number of nitrogens with two attached hydrogens (primary N) is 1. The van der Waals surface area contributed by atoms with Gasteiger partial charge in [-0.25, -0.2) is 4.98 Å². The maximum Gasteiger partial charge on any atom is 0.292 e. The smallest absolute Gasteiger partial charge is 0.292 e. The lowest BCUT2D eigenvalue weighted by Gasteiger charge is -1.94. The first-order chi connectivity index (χ1) is 6.25. The Morgan fingerprint density at radius 1 is 1.23 bits per heavy atom. The molecule has 0 saturated heterocycles. The van der Waals surface area contributed by atoms with Crippen molar-refractivity contribution in [1.82, 2.24) is 4.98 Å². The van der Waals surface area contributed by atoms with Crippen LogP contribution in [0.4, 0.5) is 6.01 Å². The van der Waals surface area contributed by atoms with Crippen molar-refractivity contribution >= 4 is 21.9 Å². The van der Waals surface area contributed by atoms with Crippen molar-refractivity contribution in [2.75, 3.05) is 5.73 Å². The topological polar surface area (TPSA) is 52.0 Å². The van der Waals surface area contributed by atoms with Crippen LogP contribution in [0.15, 0.2) is 39.4 Å². The summed E-state index contributed by atoms with van der Waals surface area (Å²) >= 11 is 3.35. The van der Waals surface area contributed by atoms with Crippen LogP contribution >= 0.6 is 15.9 Å². The highest BCUT2D eigenvalue weighted by molar-refractivity contribution is 9.10. The zero-order chi connectivity index (χ0) is 9.26. The maximum atomic E-state index is 5.36. The Kier molecular flexibility index (Phi) is 2.06. The lowest BCUT2D eigenvalue weighted by atomic mass is 10.2. The molecule has 13 heavy (non-hydrogen) atoms. The van der Waals surface area contributed by atoms with Crippen molar-refractivity contribution < 1.29 is 4.42 Å². The van der Waals surface area contributed by atoms with Crippen molar-refractivity contribution in [3.05, 3.63) is 34.9 Å². The largest absolute Gasteiger partial charge is 0.424 e. The second kappa shape index (κ2) is 3.22. The summed E-state index contributed by atoms with van der Waals surface area (Å²) in [5, 5.41) is 0. The molecule has 0 unspecified atom stereocenters. The minimum Gasteiger partial charge on any atom is -0.424 e. The summed E-state index contributed by atoms with van der Waals surface area (Å²) in [7, 11) is 0. The second-order valence-electron chi connectivity index (χ2n) is 2.57. The Balaban J connectivity index is 2.41. The Bertz CT molecular complexity index is 408. The summed E-state index contributed by atoms with van der Waals surface area (Å²) in [5.74, 6) is 0.685. The highest BCUT2D eigenvalue weighted by atomic mass is 79.9. The SMILES string of the molecule is Nc1ncc(-c2ccc(Br)cc2)o1. The molecule has 1 aromatic carbocycles. The molecular formula is C9H7BrN2O. The van der Waals surface area contributed by atoms with Crippen LogP contribution in [0, 0.1) is 0 Å². The summed E-state index contributed by atoms with van der Waals surface area (Å²) < 4.78 is 6.19. The molecule has 0 amide bonds. The van der Waals surface area contributed by atoms with Gasteiger partial charge in [0, 0.05) is 10.0 Å². The molecule has 0 aliphatic rings. The molecular weight excluding hydrogens is 232 g/mol. The number of rotatable bonds is 1. The van der Waals surface area contributed by atoms with Crippen LogP contribution in [-0.2, 0) is 0 Å². The molecule has 0 saturated carbocycles. The van der Waals surface area contributed by atoms with Gasteiger partial charge < -0.3 is 10.2 Å². The number of nitrogens with zero attached hydrogens (tertiary/aromatic N) is 1. The van der Waals surface area contributed by atoms with Gasteiger partial charge in [0.2, 0.25) is 0 Å². The van der Waals surface area contributed by atoms with Gasteiger partial charge in [-0.3, -0.25) is 0 Å². The average Bonchev–Trinajstić information content (AvgIpc) is 2.53. The third-order valence-corrected chi connectivity index (χ3v) is 2.18. The van der Waals surface area contributed by atoms with E-state index in [9.17, 15) is 0 Å². The van der Waals surface area contributed by atoms with Crippen LogP contribution in [0.2, 0.25) is 0 Å². The zero-order valence-corrected chi connectivity index (χ0v) is 8.28. The molecule has 0 spiro atoms. The number of anilines is 1. The fourth-order valence-corrected chi connectivity index (χ4v) is 1.30. The van der Waals surface area contributed by atoms with E-state index < -0.39 is 0 Å². The summed E-state index contributed by atoms with van der Waals surface area (Å²) in [6.07, 6.45) is 1.61. The third kappa shape index (κ3) is 1.72. The van der Waals surface area contributed by atoms with Crippen LogP contribution in [0.5, 0.6) is 0 Å². The lowest BCUT2D eigenvalue weighted by Crippen LogP contribution is -1.79. The normalized spacial score (nSPS) is 10.2. The van der Waals surface area contributed by atoms with Crippen LogP contribution in [0.25, 0.3) is 11.3 Å². The predicted octanol–water partition coefficient (Wildman–Crippen LogP) is 2.69. The number of benzene rings is 1. The first-order valence-corrected chi connectivity index (χ1v) is 4.52. The van der Waals surface area contributed by atoms with Gasteiger partial charge in [0.25, 0.3) is 6.01 Å². The Morgan fingerprint density at radius 2 is 1.92 bits per heavy atom. The summed E-state index contributed by atoms with van der Waals surface area (Å²) in [5.41, 5.74) is 6.32. The van der Waals surface area contributed by atoms with E-state index in [0.717, 1.165) is 10.0 Å². The van der Waals surface area contributed by atoms with Gasteiger partial charge in [0.1, 0.15) is 0 Å². The number of oxazole rings is 1. The first kappa shape index (κ1) is 8.31. The van der Waals surface area contributed by atoms with E-state index in [1.165, 1.54) is 0 Å². The Labute approximate surface area is 83.7 Å². The van der Waals surface area contributed by atoms with E-state index in [4.69, 9.17) is 10.2 Å². The molecule has 4 heteroatoms. The van der Waals surface area contributed by atoms with Crippen LogP contribution in [-0.4, -0.2) is 4.98 Å². The van der Waals surface area contributed by atoms with Crippen LogP contribution in [0.3, 0.4) is 0 Å². The number of aromatic nitrogens is 1. The zero-order valence-electron chi connectivity index (χ0n) is 6.70. The first-order valence-electron chi connectivity index (χ1n) is 3.73. The van der Waals surface area contributed by atoms with Crippen molar-refractivity contribution in [2.24, 2.45) is 0 Å². The average molecular weight is 239 g/mol. The van der Waals surface area contributed by atoms with E-state index in [2.05, 4.69) is 20.9 Å². The van der Waals surface area contributed by atoms with Crippen molar-refractivity contribution in [3.63, 3.8) is 0 Å². The van der Waals surface area contributed by atoms with Gasteiger partial charge in [0.15, 0.2) is 5.76 Å². The molecule has 1 aromatic heterocycles. The summed E-state index contributed by atoms with van der Waals surface area (Å²) in [6, 6.07) is 7.94. The van der Waals surface area contributed by atoms with Gasteiger partial charge in [-0.05, 0) is 12.1 Å². The molecule has 2 rings (SSSR count). The maximum absolute atomic E-state index is 5.36. The fraction of sp³-hybridized carbons (Fsp3) is 0. The van der Waals surface area contributed by atoms with E-state index >= 15 is 0 Å². The standard InChI is InChI=1S/C9H7BrN2O/c10-7-3-1-6(2-4-7)8-5-12-9(11)13-8/h1-5H,(H2,11,12). The van der Waals surface area contributed by atoms with E-state index in [1.54, 1.807) is 6.20 Å².